The van der Waals surface area contributed by atoms with Crippen molar-refractivity contribution in [1.29, 1.82) is 0 Å². The van der Waals surface area contributed by atoms with Crippen LogP contribution in [0.25, 0.3) is 22.3 Å². The van der Waals surface area contributed by atoms with E-state index in [2.05, 4.69) is 20.4 Å². The number of fused-ring (bicyclic) bond motifs is 1. The van der Waals surface area contributed by atoms with Gasteiger partial charge in [-0.05, 0) is 31.0 Å². The lowest BCUT2D eigenvalue weighted by Crippen LogP contribution is -2.40. The summed E-state index contributed by atoms with van der Waals surface area (Å²) in [4.78, 5) is 33.4. The van der Waals surface area contributed by atoms with Crippen molar-refractivity contribution in [3.8, 4) is 11.3 Å². The summed E-state index contributed by atoms with van der Waals surface area (Å²) in [6.45, 7) is 0.319. The van der Waals surface area contributed by atoms with Crippen LogP contribution in [-0.4, -0.2) is 54.8 Å². The quantitative estimate of drug-likeness (QED) is 0.361. The first kappa shape index (κ1) is 25.0. The topological polar surface area (TPSA) is 139 Å². The van der Waals surface area contributed by atoms with Crippen LogP contribution in [0.15, 0.2) is 42.7 Å². The van der Waals surface area contributed by atoms with Crippen molar-refractivity contribution < 1.29 is 27.9 Å². The monoisotopic (exact) mass is 525 g/mol. The Morgan fingerprint density at radius 1 is 1.11 bits per heavy atom. The molecule has 196 valence electrons. The number of carboxylic acid groups (broad SMARTS) is 1. The van der Waals surface area contributed by atoms with Crippen LogP contribution in [0.3, 0.4) is 0 Å². The minimum Gasteiger partial charge on any atom is -0.465 e. The van der Waals surface area contributed by atoms with E-state index in [9.17, 15) is 23.5 Å². The fourth-order valence-corrected chi connectivity index (χ4v) is 4.60. The number of nitrogens with two attached hydrogens (primary N) is 1. The first-order valence-corrected chi connectivity index (χ1v) is 11.7. The maximum atomic E-state index is 15.1. The molecule has 0 bridgehead atoms. The number of anilines is 1. The van der Waals surface area contributed by atoms with E-state index in [-0.39, 0.29) is 30.5 Å². The molecule has 0 unspecified atom stereocenters. The van der Waals surface area contributed by atoms with Gasteiger partial charge in [0.15, 0.2) is 5.65 Å². The summed E-state index contributed by atoms with van der Waals surface area (Å²) in [7, 11) is 0. The fraction of sp³-hybridized carbons (Fsp3) is 0.240. The molecule has 4 aromatic rings. The number of benzene rings is 2. The molecule has 1 atom stereocenters. The predicted molar refractivity (Wildman–Crippen MR) is 131 cm³/mol. The normalized spacial score (nSPS) is 15.6. The Balaban J connectivity index is 1.44. The molecule has 0 radical (unpaired) electrons. The highest BCUT2D eigenvalue weighted by Crippen LogP contribution is 2.34. The van der Waals surface area contributed by atoms with Gasteiger partial charge in [-0.15, -0.1) is 0 Å². The van der Waals surface area contributed by atoms with Gasteiger partial charge >= 0.3 is 6.09 Å². The van der Waals surface area contributed by atoms with E-state index in [1.165, 1.54) is 23.4 Å². The maximum Gasteiger partial charge on any atom is 0.407 e. The Bertz CT molecular complexity index is 1540. The molecule has 2 aromatic heterocycles. The molecule has 2 aromatic carbocycles. The zero-order valence-corrected chi connectivity index (χ0v) is 19.9. The van der Waals surface area contributed by atoms with Gasteiger partial charge in [-0.1, -0.05) is 18.2 Å². The smallest absolute Gasteiger partial charge is 0.407 e. The van der Waals surface area contributed by atoms with Gasteiger partial charge in [-0.3, -0.25) is 4.79 Å². The second-order valence-electron chi connectivity index (χ2n) is 8.86. The van der Waals surface area contributed by atoms with Gasteiger partial charge in [0.05, 0.1) is 11.4 Å². The van der Waals surface area contributed by atoms with Gasteiger partial charge in [0, 0.05) is 30.8 Å². The van der Waals surface area contributed by atoms with Crippen molar-refractivity contribution in [2.45, 2.75) is 25.4 Å². The van der Waals surface area contributed by atoms with Crippen LogP contribution >= 0.6 is 0 Å². The number of halogens is 3. The number of nitrogens with zero attached hydrogens (tertiary/aromatic N) is 5. The molecule has 1 aliphatic rings. The number of likely N-dealkylation sites (tertiary alicyclic amines) is 1. The average molecular weight is 525 g/mol. The lowest BCUT2D eigenvalue weighted by atomic mass is 10.1. The molecule has 10 nitrogen and oxygen atoms in total. The Morgan fingerprint density at radius 2 is 1.87 bits per heavy atom. The molecular formula is C25H22F3N7O3. The van der Waals surface area contributed by atoms with Crippen LogP contribution in [0.5, 0.6) is 0 Å². The molecule has 13 heteroatoms. The third-order valence-corrected chi connectivity index (χ3v) is 6.49. The fourth-order valence-electron chi connectivity index (χ4n) is 4.60. The lowest BCUT2D eigenvalue weighted by Gasteiger charge is -2.30. The number of piperidine rings is 1. The van der Waals surface area contributed by atoms with Crippen LogP contribution < -0.4 is 11.1 Å². The van der Waals surface area contributed by atoms with Crippen molar-refractivity contribution in [3.63, 3.8) is 0 Å². The number of carbonyl (C=O) groups is 2. The zero-order valence-electron chi connectivity index (χ0n) is 19.9. The van der Waals surface area contributed by atoms with Gasteiger partial charge in [-0.2, -0.15) is 5.10 Å². The van der Waals surface area contributed by atoms with Gasteiger partial charge in [0.25, 0.3) is 5.91 Å². The molecule has 2 amide bonds. The van der Waals surface area contributed by atoms with Crippen LogP contribution in [0.2, 0.25) is 0 Å². The molecule has 0 aliphatic carbocycles. The van der Waals surface area contributed by atoms with E-state index in [4.69, 9.17) is 5.73 Å². The number of amides is 2. The highest BCUT2D eigenvalue weighted by atomic mass is 19.1. The average Bonchev–Trinajstić information content (AvgIpc) is 3.29. The number of nitrogen functional groups attached to an aromatic ring is 1. The SMILES string of the molecule is Nc1ncnc2c1c(-c1ccc(CNC(=O)c3c(F)cccc3F)c(F)c1)nn2[C@@H]1CCCN(C(=O)O)C1. The summed E-state index contributed by atoms with van der Waals surface area (Å²) in [5.41, 5.74) is 6.53. The van der Waals surface area contributed by atoms with E-state index in [0.29, 0.717) is 41.7 Å². The number of carbonyl (C=O) groups excluding carboxylic acids is 1. The van der Waals surface area contributed by atoms with Crippen LogP contribution in [0, 0.1) is 17.5 Å². The molecule has 5 rings (SSSR count). The number of rotatable bonds is 5. The molecule has 1 fully saturated rings. The van der Waals surface area contributed by atoms with Crippen molar-refractivity contribution in [1.82, 2.24) is 30.0 Å². The first-order chi connectivity index (χ1) is 18.2. The number of hydrogen-bond donors (Lipinski definition) is 3. The van der Waals surface area contributed by atoms with E-state index in [1.54, 1.807) is 10.7 Å². The summed E-state index contributed by atoms with van der Waals surface area (Å²) >= 11 is 0. The molecule has 0 spiro atoms. The Morgan fingerprint density at radius 3 is 2.58 bits per heavy atom. The van der Waals surface area contributed by atoms with Gasteiger partial charge in [0.2, 0.25) is 0 Å². The molecule has 1 aliphatic heterocycles. The standard InChI is InChI=1S/C25H22F3N7O3/c26-16-4-1-5-17(27)19(16)24(36)30-10-14-7-6-13(9-18(14)28)21-20-22(29)31-12-32-23(20)35(33-21)15-3-2-8-34(11-15)25(37)38/h1,4-7,9,12,15H,2-3,8,10-11H2,(H,30,36)(H,37,38)(H2,29,31,32)/t15-/m1/s1. The van der Waals surface area contributed by atoms with Crippen molar-refractivity contribution in [3.05, 3.63) is 71.3 Å². The van der Waals surface area contributed by atoms with Crippen molar-refractivity contribution >= 4 is 28.9 Å². The Hall–Kier alpha value is -4.68. The van der Waals surface area contributed by atoms with E-state index in [1.807, 2.05) is 0 Å². The second kappa shape index (κ2) is 10.00. The van der Waals surface area contributed by atoms with Crippen LogP contribution in [0.4, 0.5) is 23.8 Å². The summed E-state index contributed by atoms with van der Waals surface area (Å²) in [6.07, 6.45) is 1.56. The zero-order chi connectivity index (χ0) is 27.0. The van der Waals surface area contributed by atoms with E-state index in [0.717, 1.165) is 18.2 Å². The molecule has 0 saturated carbocycles. The maximum absolute atomic E-state index is 15.1. The summed E-state index contributed by atoms with van der Waals surface area (Å²) in [6, 6.07) is 6.94. The highest BCUT2D eigenvalue weighted by Gasteiger charge is 2.28. The van der Waals surface area contributed by atoms with Crippen LogP contribution in [0.1, 0.15) is 34.8 Å². The first-order valence-electron chi connectivity index (χ1n) is 11.7. The van der Waals surface area contributed by atoms with Crippen molar-refractivity contribution in [2.24, 2.45) is 0 Å². The van der Waals surface area contributed by atoms with Crippen LogP contribution in [-0.2, 0) is 6.54 Å². The third-order valence-electron chi connectivity index (χ3n) is 6.49. The molecular weight excluding hydrogens is 503 g/mol. The molecule has 38 heavy (non-hydrogen) atoms. The number of hydrogen-bond acceptors (Lipinski definition) is 6. The Labute approximate surface area is 213 Å². The van der Waals surface area contributed by atoms with Gasteiger partial charge < -0.3 is 21.1 Å². The van der Waals surface area contributed by atoms with Gasteiger partial charge in [-0.25, -0.2) is 32.6 Å². The third kappa shape index (κ3) is 4.58. The van der Waals surface area contributed by atoms with E-state index >= 15 is 4.39 Å². The molecule has 4 N–H and O–H groups in total. The summed E-state index contributed by atoms with van der Waals surface area (Å²) in [5.74, 6) is -3.62. The van der Waals surface area contributed by atoms with E-state index < -0.39 is 35.0 Å². The second-order valence-corrected chi connectivity index (χ2v) is 8.86. The molecule has 1 saturated heterocycles. The summed E-state index contributed by atoms with van der Waals surface area (Å²) < 4.78 is 44.4. The minimum atomic E-state index is -1.02. The molecule has 3 heterocycles. The number of nitrogens with one attached hydrogen (secondary N) is 1. The van der Waals surface area contributed by atoms with Gasteiger partial charge in [0.1, 0.15) is 40.9 Å². The van der Waals surface area contributed by atoms with Crippen molar-refractivity contribution in [2.75, 3.05) is 18.8 Å². The lowest BCUT2D eigenvalue weighted by molar-refractivity contribution is 0.0942. The Kier molecular flexibility index (Phi) is 6.57. The summed E-state index contributed by atoms with van der Waals surface area (Å²) in [5, 5.41) is 16.8. The number of aromatic nitrogens is 4. The highest BCUT2D eigenvalue weighted by molar-refractivity contribution is 5.98. The minimum absolute atomic E-state index is 0.0798. The predicted octanol–water partition coefficient (Wildman–Crippen LogP) is 3.74. The largest absolute Gasteiger partial charge is 0.465 e.